The third-order valence-corrected chi connectivity index (χ3v) is 4.69. The van der Waals surface area contributed by atoms with E-state index in [1.54, 1.807) is 6.07 Å². The molecule has 3 amide bonds. The number of carbonyl (C=O) groups excluding carboxylic acids is 2. The van der Waals surface area contributed by atoms with Crippen molar-refractivity contribution in [2.45, 2.75) is 52.6 Å². The van der Waals surface area contributed by atoms with Gasteiger partial charge in [0.15, 0.2) is 0 Å². The molecule has 2 unspecified atom stereocenters. The van der Waals surface area contributed by atoms with Gasteiger partial charge in [-0.15, -0.1) is 0 Å². The third kappa shape index (κ3) is 6.76. The highest BCUT2D eigenvalue weighted by Crippen LogP contribution is 2.22. The fourth-order valence-electron chi connectivity index (χ4n) is 3.32. The summed E-state index contributed by atoms with van der Waals surface area (Å²) in [5, 5.41) is 19.4. The molecule has 0 bridgehead atoms. The molecule has 0 radical (unpaired) electrons. The maximum Gasteiger partial charge on any atom is 0.326 e. The molecule has 7 nitrogen and oxygen atoms in total. The number of carboxylic acid groups (broad SMARTS) is 1. The molecule has 30 heavy (non-hydrogen) atoms. The molecule has 0 aliphatic rings. The molecule has 7 heteroatoms. The summed E-state index contributed by atoms with van der Waals surface area (Å²) in [6.07, 6.45) is 0.709. The summed E-state index contributed by atoms with van der Waals surface area (Å²) >= 11 is 0. The van der Waals surface area contributed by atoms with E-state index in [9.17, 15) is 19.5 Å². The van der Waals surface area contributed by atoms with Gasteiger partial charge in [0.1, 0.15) is 12.1 Å². The predicted molar refractivity (Wildman–Crippen MR) is 118 cm³/mol. The SMILES string of the molecule is CC(C)CC(NC(=O)C(CC(C)C)NC(=O)Nc1cccc2ccccc12)C(=O)O. The van der Waals surface area contributed by atoms with Crippen LogP contribution in [-0.4, -0.2) is 35.1 Å². The van der Waals surface area contributed by atoms with Crippen LogP contribution < -0.4 is 16.0 Å². The lowest BCUT2D eigenvalue weighted by Gasteiger charge is -2.23. The Morgan fingerprint density at radius 2 is 1.43 bits per heavy atom. The molecule has 0 aromatic heterocycles. The Kier molecular flexibility index (Phi) is 8.21. The average molecular weight is 414 g/mol. The van der Waals surface area contributed by atoms with Gasteiger partial charge in [-0.1, -0.05) is 64.1 Å². The van der Waals surface area contributed by atoms with Gasteiger partial charge in [-0.25, -0.2) is 9.59 Å². The van der Waals surface area contributed by atoms with Crippen molar-refractivity contribution in [2.24, 2.45) is 11.8 Å². The molecular formula is C23H31N3O4. The van der Waals surface area contributed by atoms with Gasteiger partial charge in [0.25, 0.3) is 0 Å². The first-order valence-electron chi connectivity index (χ1n) is 10.3. The van der Waals surface area contributed by atoms with Crippen LogP contribution in [0.15, 0.2) is 42.5 Å². The maximum absolute atomic E-state index is 12.8. The average Bonchev–Trinajstić information content (AvgIpc) is 2.66. The van der Waals surface area contributed by atoms with Crippen LogP contribution in [0.5, 0.6) is 0 Å². The molecular weight excluding hydrogens is 382 g/mol. The highest BCUT2D eigenvalue weighted by atomic mass is 16.4. The largest absolute Gasteiger partial charge is 0.480 e. The Labute approximate surface area is 177 Å². The second-order valence-corrected chi connectivity index (χ2v) is 8.34. The van der Waals surface area contributed by atoms with Gasteiger partial charge < -0.3 is 21.1 Å². The van der Waals surface area contributed by atoms with Gasteiger partial charge in [0.05, 0.1) is 5.69 Å². The van der Waals surface area contributed by atoms with E-state index in [0.29, 0.717) is 18.5 Å². The Balaban J connectivity index is 2.11. The lowest BCUT2D eigenvalue weighted by atomic mass is 10.0. The monoisotopic (exact) mass is 413 g/mol. The molecule has 0 fully saturated rings. The smallest absolute Gasteiger partial charge is 0.326 e. The number of carbonyl (C=O) groups is 3. The zero-order valence-electron chi connectivity index (χ0n) is 17.9. The topological polar surface area (TPSA) is 108 Å². The van der Waals surface area contributed by atoms with Gasteiger partial charge in [0, 0.05) is 5.39 Å². The van der Waals surface area contributed by atoms with Crippen molar-refractivity contribution in [3.63, 3.8) is 0 Å². The van der Waals surface area contributed by atoms with E-state index in [2.05, 4.69) is 16.0 Å². The molecule has 0 aliphatic heterocycles. The number of anilines is 1. The molecule has 0 saturated carbocycles. The molecule has 0 saturated heterocycles. The molecule has 0 spiro atoms. The summed E-state index contributed by atoms with van der Waals surface area (Å²) in [4.78, 5) is 36.9. The van der Waals surface area contributed by atoms with Gasteiger partial charge >= 0.3 is 12.0 Å². The number of hydrogen-bond acceptors (Lipinski definition) is 3. The fourth-order valence-corrected chi connectivity index (χ4v) is 3.32. The Bertz CT molecular complexity index is 890. The lowest BCUT2D eigenvalue weighted by Crippen LogP contribution is -2.53. The number of aliphatic carboxylic acids is 1. The second kappa shape index (κ2) is 10.6. The van der Waals surface area contributed by atoms with Crippen LogP contribution in [0.3, 0.4) is 0 Å². The maximum atomic E-state index is 12.8. The van der Waals surface area contributed by atoms with Crippen LogP contribution in [0.25, 0.3) is 10.8 Å². The summed E-state index contributed by atoms with van der Waals surface area (Å²) in [7, 11) is 0. The summed E-state index contributed by atoms with van der Waals surface area (Å²) in [5.41, 5.74) is 0.637. The highest BCUT2D eigenvalue weighted by Gasteiger charge is 2.27. The summed E-state index contributed by atoms with van der Waals surface area (Å²) in [5.74, 6) is -1.34. The zero-order valence-corrected chi connectivity index (χ0v) is 17.9. The fraction of sp³-hybridized carbons (Fsp3) is 0.435. The Morgan fingerprint density at radius 3 is 2.07 bits per heavy atom. The molecule has 2 aromatic carbocycles. The van der Waals surface area contributed by atoms with Crippen molar-refractivity contribution in [3.05, 3.63) is 42.5 Å². The number of urea groups is 1. The minimum atomic E-state index is -1.08. The Morgan fingerprint density at radius 1 is 0.833 bits per heavy atom. The quantitative estimate of drug-likeness (QED) is 0.498. The number of carboxylic acids is 1. The van der Waals surface area contributed by atoms with Crippen LogP contribution in [-0.2, 0) is 9.59 Å². The number of fused-ring (bicyclic) bond motifs is 1. The summed E-state index contributed by atoms with van der Waals surface area (Å²) in [6, 6.07) is 10.9. The first-order valence-corrected chi connectivity index (χ1v) is 10.3. The van der Waals surface area contributed by atoms with E-state index in [0.717, 1.165) is 10.8 Å². The molecule has 4 N–H and O–H groups in total. The number of benzene rings is 2. The van der Waals surface area contributed by atoms with Crippen molar-refractivity contribution in [1.29, 1.82) is 0 Å². The van der Waals surface area contributed by atoms with Gasteiger partial charge in [-0.2, -0.15) is 0 Å². The van der Waals surface area contributed by atoms with Crippen molar-refractivity contribution < 1.29 is 19.5 Å². The first-order chi connectivity index (χ1) is 14.2. The minimum Gasteiger partial charge on any atom is -0.480 e. The van der Waals surface area contributed by atoms with E-state index in [-0.39, 0.29) is 11.8 Å². The summed E-state index contributed by atoms with van der Waals surface area (Å²) < 4.78 is 0. The van der Waals surface area contributed by atoms with E-state index in [1.165, 1.54) is 0 Å². The zero-order chi connectivity index (χ0) is 22.3. The molecule has 2 atom stereocenters. The van der Waals surface area contributed by atoms with E-state index in [4.69, 9.17) is 0 Å². The minimum absolute atomic E-state index is 0.109. The van der Waals surface area contributed by atoms with Crippen LogP contribution in [0.4, 0.5) is 10.5 Å². The molecule has 2 rings (SSSR count). The van der Waals surface area contributed by atoms with E-state index in [1.807, 2.05) is 64.1 Å². The third-order valence-electron chi connectivity index (χ3n) is 4.69. The second-order valence-electron chi connectivity index (χ2n) is 8.34. The standard InChI is InChI=1S/C23H31N3O4/c1-14(2)12-19(21(27)24-20(22(28)29)13-15(3)4)26-23(30)25-18-11-7-9-16-8-5-6-10-17(16)18/h5-11,14-15,19-20H,12-13H2,1-4H3,(H,24,27)(H,28,29)(H2,25,26,30). The number of nitrogens with one attached hydrogen (secondary N) is 3. The number of hydrogen-bond donors (Lipinski definition) is 4. The Hall–Kier alpha value is -3.09. The lowest BCUT2D eigenvalue weighted by molar-refractivity contribution is -0.142. The molecule has 2 aromatic rings. The van der Waals surface area contributed by atoms with Crippen LogP contribution >= 0.6 is 0 Å². The van der Waals surface area contributed by atoms with E-state index < -0.39 is 30.0 Å². The van der Waals surface area contributed by atoms with Crippen molar-refractivity contribution in [3.8, 4) is 0 Å². The summed E-state index contributed by atoms with van der Waals surface area (Å²) in [6.45, 7) is 7.66. The van der Waals surface area contributed by atoms with Crippen molar-refractivity contribution in [1.82, 2.24) is 10.6 Å². The molecule has 0 heterocycles. The predicted octanol–water partition coefficient (Wildman–Crippen LogP) is 3.99. The first kappa shape index (κ1) is 23.2. The molecule has 162 valence electrons. The van der Waals surface area contributed by atoms with Crippen LogP contribution in [0.1, 0.15) is 40.5 Å². The number of amides is 3. The van der Waals surface area contributed by atoms with Crippen LogP contribution in [0.2, 0.25) is 0 Å². The highest BCUT2D eigenvalue weighted by molar-refractivity contribution is 6.02. The molecule has 0 aliphatic carbocycles. The number of rotatable bonds is 9. The normalized spacial score (nSPS) is 13.1. The van der Waals surface area contributed by atoms with Crippen molar-refractivity contribution in [2.75, 3.05) is 5.32 Å². The van der Waals surface area contributed by atoms with Gasteiger partial charge in [-0.3, -0.25) is 4.79 Å². The van der Waals surface area contributed by atoms with E-state index >= 15 is 0 Å². The van der Waals surface area contributed by atoms with Crippen molar-refractivity contribution >= 4 is 34.4 Å². The van der Waals surface area contributed by atoms with Gasteiger partial charge in [-0.05, 0) is 36.1 Å². The van der Waals surface area contributed by atoms with Gasteiger partial charge in [0.2, 0.25) is 5.91 Å². The van der Waals surface area contributed by atoms with Crippen LogP contribution in [0, 0.1) is 11.8 Å².